The van der Waals surface area contributed by atoms with Crippen LogP contribution in [0.4, 0.5) is 0 Å². The first kappa shape index (κ1) is 16.9. The molecule has 3 atom stereocenters. The van der Waals surface area contributed by atoms with Crippen LogP contribution in [0.2, 0.25) is 0 Å². The molecule has 1 unspecified atom stereocenters. The van der Waals surface area contributed by atoms with Crippen molar-refractivity contribution in [1.29, 1.82) is 0 Å². The van der Waals surface area contributed by atoms with Crippen molar-refractivity contribution < 1.29 is 34.1 Å². The Labute approximate surface area is 103 Å². The predicted molar refractivity (Wildman–Crippen MR) is 57.5 cm³/mol. The number of aliphatic hydroxyl groups is 2. The Kier molecular flexibility index (Phi) is 9.24. The van der Waals surface area contributed by atoms with Gasteiger partial charge in [0.25, 0.3) is 6.04 Å². The number of aliphatic hydroxyl groups excluding tert-OH is 2. The molecule has 0 spiro atoms. The fourth-order valence-corrected chi connectivity index (χ4v) is 1.22. The third-order valence-electron chi connectivity index (χ3n) is 2.00. The highest BCUT2D eigenvalue weighted by Gasteiger charge is 2.40. The zero-order valence-corrected chi connectivity index (χ0v) is 9.93. The van der Waals surface area contributed by atoms with Gasteiger partial charge >= 0.3 is 0 Å². The van der Waals surface area contributed by atoms with E-state index in [1.165, 1.54) is 7.11 Å². The van der Waals surface area contributed by atoms with Gasteiger partial charge in [-0.15, -0.1) is 0 Å². The monoisotopic (exact) mass is 267 g/mol. The Hall–Kier alpha value is -1.13. The molecule has 1 aliphatic rings. The summed E-state index contributed by atoms with van der Waals surface area (Å²) in [6.07, 6.45) is -1.72. The van der Waals surface area contributed by atoms with Crippen molar-refractivity contribution in [3.63, 3.8) is 0 Å². The maximum absolute atomic E-state index is 10.2. The first-order valence-corrected chi connectivity index (χ1v) is 5.12. The van der Waals surface area contributed by atoms with Gasteiger partial charge in [0, 0.05) is 12.0 Å². The number of carbonyl (C=O) groups is 1. The second-order valence-corrected chi connectivity index (χ2v) is 3.39. The van der Waals surface area contributed by atoms with E-state index in [1.54, 1.807) is 0 Å². The van der Waals surface area contributed by atoms with Crippen molar-refractivity contribution in [2.24, 2.45) is 0 Å². The number of carbonyl (C=O) groups excluding carboxylic acids is 1. The summed E-state index contributed by atoms with van der Waals surface area (Å²) in [5, 5.41) is 28.2. The summed E-state index contributed by atoms with van der Waals surface area (Å²) in [7, 11) is 1.50. The molecule has 9 heteroatoms. The molecule has 0 aromatic heterocycles. The van der Waals surface area contributed by atoms with E-state index in [0.29, 0.717) is 6.29 Å². The molecule has 1 aliphatic heterocycles. The molecule has 1 heterocycles. The van der Waals surface area contributed by atoms with Crippen molar-refractivity contribution >= 4 is 6.29 Å². The average Bonchev–Trinajstić information content (AvgIpc) is 2.30. The van der Waals surface area contributed by atoms with E-state index in [0.717, 1.165) is 0 Å². The minimum Gasteiger partial charge on any atom is -0.383 e. The van der Waals surface area contributed by atoms with E-state index in [1.807, 2.05) is 0 Å². The number of hydrogen-bond acceptors (Lipinski definition) is 8. The van der Waals surface area contributed by atoms with Gasteiger partial charge in [-0.3, -0.25) is 10.1 Å². The van der Waals surface area contributed by atoms with E-state index >= 15 is 0 Å². The summed E-state index contributed by atoms with van der Waals surface area (Å²) >= 11 is 0. The molecule has 18 heavy (non-hydrogen) atoms. The van der Waals surface area contributed by atoms with Gasteiger partial charge in [0.15, 0.2) is 0 Å². The molecule has 9 nitrogen and oxygen atoms in total. The molecule has 0 bridgehead atoms. The van der Waals surface area contributed by atoms with Crippen LogP contribution in [-0.2, 0) is 19.0 Å². The van der Waals surface area contributed by atoms with Gasteiger partial charge in [-0.25, -0.2) is 0 Å². The first-order chi connectivity index (χ1) is 8.54. The fraction of sp³-hybridized carbons (Fsp3) is 0.889. The summed E-state index contributed by atoms with van der Waals surface area (Å²) in [4.78, 5) is 19.0. The van der Waals surface area contributed by atoms with Crippen LogP contribution in [0.1, 0.15) is 0 Å². The van der Waals surface area contributed by atoms with Gasteiger partial charge in [-0.1, -0.05) is 0 Å². The van der Waals surface area contributed by atoms with Gasteiger partial charge in [-0.05, 0) is 0 Å². The molecule has 0 amide bonds. The van der Waals surface area contributed by atoms with Crippen molar-refractivity contribution in [2.45, 2.75) is 18.2 Å². The smallest absolute Gasteiger partial charge is 0.268 e. The minimum atomic E-state index is -1.30. The minimum absolute atomic E-state index is 0.0806. The number of ether oxygens (including phenoxy) is 3. The standard InChI is InChI=1S/C5H9NO5.C4H8O3/c7-3-1-11-2-4(8)5(3)6(9)10;1-6-4-7-3-2-5/h3-5,7-8H,1-2H2;2H,3-4H2,1H3/t3-,4+,5?;. The Balaban J connectivity index is 0.000000360. The molecule has 1 fully saturated rings. The summed E-state index contributed by atoms with van der Waals surface area (Å²) in [6.45, 7) is 0.151. The molecule has 106 valence electrons. The van der Waals surface area contributed by atoms with Crippen LogP contribution in [0.25, 0.3) is 0 Å². The Bertz CT molecular complexity index is 239. The Morgan fingerprint density at radius 3 is 2.33 bits per heavy atom. The van der Waals surface area contributed by atoms with Gasteiger partial charge in [0.05, 0.1) is 13.2 Å². The molecular formula is C9H17NO8. The van der Waals surface area contributed by atoms with Crippen LogP contribution in [0.5, 0.6) is 0 Å². The first-order valence-electron chi connectivity index (χ1n) is 5.12. The van der Waals surface area contributed by atoms with E-state index in [9.17, 15) is 14.9 Å². The second-order valence-electron chi connectivity index (χ2n) is 3.39. The van der Waals surface area contributed by atoms with Gasteiger partial charge in [0.1, 0.15) is 31.9 Å². The van der Waals surface area contributed by atoms with Crippen molar-refractivity contribution in [3.05, 3.63) is 10.1 Å². The lowest BCUT2D eigenvalue weighted by Gasteiger charge is -2.25. The highest BCUT2D eigenvalue weighted by molar-refractivity contribution is 5.50. The van der Waals surface area contributed by atoms with E-state index in [-0.39, 0.29) is 26.6 Å². The lowest BCUT2D eigenvalue weighted by Crippen LogP contribution is -2.51. The molecule has 2 N–H and O–H groups in total. The maximum atomic E-state index is 10.2. The number of nitro groups is 1. The number of nitrogens with zero attached hydrogens (tertiary/aromatic N) is 1. The zero-order chi connectivity index (χ0) is 14.0. The SMILES string of the molecule is COCOCC=O.O=[N+]([O-])C1[C@H](O)COC[C@@H]1O. The van der Waals surface area contributed by atoms with Crippen LogP contribution in [0, 0.1) is 10.1 Å². The maximum Gasteiger partial charge on any atom is 0.268 e. The molecular weight excluding hydrogens is 250 g/mol. The fourth-order valence-electron chi connectivity index (χ4n) is 1.22. The molecule has 0 saturated carbocycles. The second kappa shape index (κ2) is 9.85. The van der Waals surface area contributed by atoms with Crippen molar-refractivity contribution in [3.8, 4) is 0 Å². The van der Waals surface area contributed by atoms with Crippen LogP contribution in [0.15, 0.2) is 0 Å². The molecule has 1 saturated heterocycles. The lowest BCUT2D eigenvalue weighted by atomic mass is 10.0. The molecule has 1 rings (SSSR count). The quantitative estimate of drug-likeness (QED) is 0.196. The van der Waals surface area contributed by atoms with Crippen LogP contribution >= 0.6 is 0 Å². The van der Waals surface area contributed by atoms with Crippen LogP contribution in [-0.4, -0.2) is 73.4 Å². The highest BCUT2D eigenvalue weighted by atomic mass is 16.7. The third-order valence-corrected chi connectivity index (χ3v) is 2.00. The normalized spacial score (nSPS) is 26.9. The van der Waals surface area contributed by atoms with E-state index in [4.69, 9.17) is 10.2 Å². The molecule has 0 aromatic carbocycles. The van der Waals surface area contributed by atoms with Gasteiger partial charge in [-0.2, -0.15) is 0 Å². The van der Waals surface area contributed by atoms with Crippen molar-refractivity contribution in [2.75, 3.05) is 33.7 Å². The van der Waals surface area contributed by atoms with Crippen LogP contribution in [0.3, 0.4) is 0 Å². The van der Waals surface area contributed by atoms with Crippen molar-refractivity contribution in [1.82, 2.24) is 0 Å². The lowest BCUT2D eigenvalue weighted by molar-refractivity contribution is -0.552. The summed E-state index contributed by atoms with van der Waals surface area (Å²) < 4.78 is 13.7. The van der Waals surface area contributed by atoms with Gasteiger partial charge in [0.2, 0.25) is 0 Å². The average molecular weight is 267 g/mol. The Morgan fingerprint density at radius 2 is 2.00 bits per heavy atom. The number of aldehydes is 1. The van der Waals surface area contributed by atoms with Crippen LogP contribution < -0.4 is 0 Å². The number of rotatable bonds is 5. The third kappa shape index (κ3) is 6.57. The Morgan fingerprint density at radius 1 is 1.44 bits per heavy atom. The molecule has 0 aromatic rings. The summed E-state index contributed by atoms with van der Waals surface area (Å²) in [6, 6.07) is -1.30. The molecule has 0 aliphatic carbocycles. The number of methoxy groups -OCH3 is 1. The van der Waals surface area contributed by atoms with Gasteiger partial charge < -0.3 is 29.2 Å². The topological polar surface area (TPSA) is 128 Å². The number of hydrogen-bond donors (Lipinski definition) is 2. The summed E-state index contributed by atoms with van der Waals surface area (Å²) in [5.41, 5.74) is 0. The molecule has 0 radical (unpaired) electrons. The van der Waals surface area contributed by atoms with E-state index in [2.05, 4.69) is 14.2 Å². The largest absolute Gasteiger partial charge is 0.383 e. The summed E-state index contributed by atoms with van der Waals surface area (Å²) in [5.74, 6) is 0. The predicted octanol–water partition coefficient (Wildman–Crippen LogP) is -1.81. The highest BCUT2D eigenvalue weighted by Crippen LogP contribution is 2.11. The van der Waals surface area contributed by atoms with E-state index < -0.39 is 23.2 Å². The zero-order valence-electron chi connectivity index (χ0n) is 9.93.